The number of ether oxygens (including phenoxy) is 3. The molecule has 1 aromatic rings. The van der Waals surface area contributed by atoms with Crippen LogP contribution in [-0.4, -0.2) is 55.2 Å². The molecule has 25 heavy (non-hydrogen) atoms. The number of benzene rings is 1. The van der Waals surface area contributed by atoms with E-state index in [4.69, 9.17) is 14.2 Å². The van der Waals surface area contributed by atoms with Gasteiger partial charge in [0.1, 0.15) is 12.0 Å². The molecule has 1 unspecified atom stereocenters. The Kier molecular flexibility index (Phi) is 6.29. The van der Waals surface area contributed by atoms with Crippen molar-refractivity contribution in [3.63, 3.8) is 0 Å². The highest BCUT2D eigenvalue weighted by Crippen LogP contribution is 2.28. The van der Waals surface area contributed by atoms with Crippen molar-refractivity contribution in [2.24, 2.45) is 5.92 Å². The zero-order chi connectivity index (χ0) is 17.6. The van der Waals surface area contributed by atoms with Gasteiger partial charge in [-0.15, -0.1) is 0 Å². The first-order valence-corrected chi connectivity index (χ1v) is 9.11. The fraction of sp³-hybridized carbons (Fsp3) is 0.632. The minimum Gasteiger partial charge on any atom is -0.493 e. The van der Waals surface area contributed by atoms with Gasteiger partial charge in [0.25, 0.3) is 0 Å². The summed E-state index contributed by atoms with van der Waals surface area (Å²) in [5, 5.41) is 10.8. The first-order valence-electron chi connectivity index (χ1n) is 9.11. The molecular formula is C19H27NO5. The maximum atomic E-state index is 11.9. The number of nitrogens with zero attached hydrogens (tertiary/aromatic N) is 1. The molecule has 0 amide bonds. The Labute approximate surface area is 148 Å². The van der Waals surface area contributed by atoms with E-state index in [0.29, 0.717) is 31.1 Å². The Morgan fingerprint density at radius 1 is 1.36 bits per heavy atom. The van der Waals surface area contributed by atoms with Crippen molar-refractivity contribution in [1.82, 2.24) is 4.90 Å². The summed E-state index contributed by atoms with van der Waals surface area (Å²) in [4.78, 5) is 14.0. The van der Waals surface area contributed by atoms with Crippen molar-refractivity contribution < 1.29 is 24.1 Å². The largest absolute Gasteiger partial charge is 0.493 e. The van der Waals surface area contributed by atoms with Gasteiger partial charge in [-0.2, -0.15) is 0 Å². The van der Waals surface area contributed by atoms with Gasteiger partial charge in [-0.1, -0.05) is 6.07 Å². The van der Waals surface area contributed by atoms with Gasteiger partial charge in [0.2, 0.25) is 0 Å². The van der Waals surface area contributed by atoms with Crippen molar-refractivity contribution in [2.45, 2.75) is 39.0 Å². The van der Waals surface area contributed by atoms with Crippen molar-refractivity contribution >= 4 is 5.97 Å². The lowest BCUT2D eigenvalue weighted by Crippen LogP contribution is -2.43. The van der Waals surface area contributed by atoms with Gasteiger partial charge in [-0.25, -0.2) is 4.79 Å². The summed E-state index contributed by atoms with van der Waals surface area (Å²) >= 11 is 0. The normalized spacial score (nSPS) is 20.7. The minimum atomic E-state index is -0.473. The van der Waals surface area contributed by atoms with E-state index in [2.05, 4.69) is 4.90 Å². The Morgan fingerprint density at radius 3 is 2.92 bits per heavy atom. The molecule has 0 saturated carbocycles. The molecule has 2 aliphatic rings. The first-order chi connectivity index (χ1) is 12.2. The van der Waals surface area contributed by atoms with E-state index in [1.54, 1.807) is 19.1 Å². The quantitative estimate of drug-likeness (QED) is 0.841. The van der Waals surface area contributed by atoms with Crippen LogP contribution in [0.5, 0.6) is 5.75 Å². The lowest BCUT2D eigenvalue weighted by molar-refractivity contribution is -0.0809. The summed E-state index contributed by atoms with van der Waals surface area (Å²) in [6, 6.07) is 5.41. The molecular weight excluding hydrogens is 322 g/mol. The van der Waals surface area contributed by atoms with E-state index in [-0.39, 0.29) is 11.9 Å². The molecule has 0 radical (unpaired) electrons. The van der Waals surface area contributed by atoms with E-state index in [1.807, 2.05) is 6.07 Å². The molecule has 0 spiro atoms. The maximum absolute atomic E-state index is 11.9. The molecule has 3 rings (SSSR count). The topological polar surface area (TPSA) is 68.2 Å². The molecule has 2 heterocycles. The second-order valence-electron chi connectivity index (χ2n) is 6.58. The van der Waals surface area contributed by atoms with E-state index in [9.17, 15) is 9.90 Å². The van der Waals surface area contributed by atoms with Gasteiger partial charge in [0.05, 0.1) is 18.8 Å². The number of aliphatic hydroxyl groups excluding tert-OH is 1. The second kappa shape index (κ2) is 8.65. The van der Waals surface area contributed by atoms with Crippen molar-refractivity contribution in [3.8, 4) is 5.75 Å². The van der Waals surface area contributed by atoms with Crippen LogP contribution in [0.4, 0.5) is 0 Å². The molecule has 0 aromatic heterocycles. The molecule has 1 saturated heterocycles. The molecule has 0 aliphatic carbocycles. The summed E-state index contributed by atoms with van der Waals surface area (Å²) in [5.74, 6) is 0.612. The lowest BCUT2D eigenvalue weighted by Gasteiger charge is -2.36. The Bertz CT molecular complexity index is 585. The predicted molar refractivity (Wildman–Crippen MR) is 92.5 cm³/mol. The van der Waals surface area contributed by atoms with Crippen LogP contribution in [-0.2, 0) is 16.0 Å². The molecule has 0 bridgehead atoms. The summed E-state index contributed by atoms with van der Waals surface area (Å²) in [7, 11) is 0. The third-order valence-corrected chi connectivity index (χ3v) is 4.86. The lowest BCUT2D eigenvalue weighted by atomic mass is 9.96. The number of carbonyl (C=O) groups is 1. The van der Waals surface area contributed by atoms with Crippen molar-refractivity contribution in [2.75, 3.05) is 33.0 Å². The molecule has 6 nitrogen and oxygen atoms in total. The average Bonchev–Trinajstić information content (AvgIpc) is 2.62. The number of hydrogen-bond acceptors (Lipinski definition) is 6. The Hall–Kier alpha value is -1.63. The standard InChI is InChI=1S/C19H27NO5/c1-2-24-19(22)15-4-5-16-13-20(8-3-9-25-17(16)12-15)18(21)14-6-10-23-11-7-14/h4-5,12,14,18,21H,2-3,6-11,13H2,1H3. The van der Waals surface area contributed by atoms with Gasteiger partial charge in [-0.05, 0) is 38.3 Å². The number of esters is 1. The molecule has 6 heteroatoms. The number of fused-ring (bicyclic) bond motifs is 1. The van der Waals surface area contributed by atoms with E-state index < -0.39 is 6.23 Å². The molecule has 138 valence electrons. The van der Waals surface area contributed by atoms with Gasteiger partial charge < -0.3 is 19.3 Å². The zero-order valence-corrected chi connectivity index (χ0v) is 14.8. The van der Waals surface area contributed by atoms with Crippen LogP contribution in [0.2, 0.25) is 0 Å². The van der Waals surface area contributed by atoms with Crippen LogP contribution in [0.15, 0.2) is 18.2 Å². The highest BCUT2D eigenvalue weighted by molar-refractivity contribution is 5.90. The molecule has 1 N–H and O–H groups in total. The molecule has 1 fully saturated rings. The summed E-state index contributed by atoms with van der Waals surface area (Å²) in [6.07, 6.45) is 2.15. The fourth-order valence-corrected chi connectivity index (χ4v) is 3.45. The summed E-state index contributed by atoms with van der Waals surface area (Å²) in [5.41, 5.74) is 1.48. The van der Waals surface area contributed by atoms with Crippen LogP contribution in [0.1, 0.15) is 42.1 Å². The first kappa shape index (κ1) is 18.2. The van der Waals surface area contributed by atoms with Gasteiger partial charge in [-0.3, -0.25) is 4.90 Å². The number of rotatable bonds is 4. The van der Waals surface area contributed by atoms with Crippen molar-refractivity contribution in [1.29, 1.82) is 0 Å². The van der Waals surface area contributed by atoms with Crippen LogP contribution < -0.4 is 4.74 Å². The van der Waals surface area contributed by atoms with Crippen LogP contribution >= 0.6 is 0 Å². The summed E-state index contributed by atoms with van der Waals surface area (Å²) in [6.45, 7) is 5.54. The smallest absolute Gasteiger partial charge is 0.338 e. The van der Waals surface area contributed by atoms with Crippen molar-refractivity contribution in [3.05, 3.63) is 29.3 Å². The van der Waals surface area contributed by atoms with Crippen LogP contribution in [0.3, 0.4) is 0 Å². The van der Waals surface area contributed by atoms with Gasteiger partial charge in [0, 0.05) is 37.8 Å². The van der Waals surface area contributed by atoms with E-state index in [1.165, 1.54) is 0 Å². The summed E-state index contributed by atoms with van der Waals surface area (Å²) < 4.78 is 16.3. The van der Waals surface area contributed by atoms with Gasteiger partial charge >= 0.3 is 5.97 Å². The fourth-order valence-electron chi connectivity index (χ4n) is 3.45. The maximum Gasteiger partial charge on any atom is 0.338 e. The second-order valence-corrected chi connectivity index (χ2v) is 6.58. The highest BCUT2D eigenvalue weighted by Gasteiger charge is 2.28. The average molecular weight is 349 g/mol. The number of hydrogen-bond donors (Lipinski definition) is 1. The Morgan fingerprint density at radius 2 is 2.16 bits per heavy atom. The predicted octanol–water partition coefficient (Wildman–Crippen LogP) is 2.19. The van der Waals surface area contributed by atoms with Crippen LogP contribution in [0, 0.1) is 5.92 Å². The Balaban J connectivity index is 1.75. The SMILES string of the molecule is CCOC(=O)c1ccc2c(c1)OCCCN(C(O)C1CCOCC1)C2. The third-order valence-electron chi connectivity index (χ3n) is 4.86. The van der Waals surface area contributed by atoms with E-state index in [0.717, 1.165) is 44.6 Å². The number of aliphatic hydroxyl groups is 1. The highest BCUT2D eigenvalue weighted by atomic mass is 16.5. The molecule has 2 aliphatic heterocycles. The zero-order valence-electron chi connectivity index (χ0n) is 14.8. The molecule has 1 atom stereocenters. The van der Waals surface area contributed by atoms with Gasteiger partial charge in [0.15, 0.2) is 0 Å². The number of carbonyl (C=O) groups excluding carboxylic acids is 1. The monoisotopic (exact) mass is 349 g/mol. The molecule has 1 aromatic carbocycles. The third kappa shape index (κ3) is 4.51. The van der Waals surface area contributed by atoms with Crippen LogP contribution in [0.25, 0.3) is 0 Å². The minimum absolute atomic E-state index is 0.247. The van der Waals surface area contributed by atoms with E-state index >= 15 is 0 Å².